The van der Waals surface area contributed by atoms with Crippen molar-refractivity contribution >= 4 is 11.8 Å². The monoisotopic (exact) mass is 294 g/mol. The Balaban J connectivity index is 1.83. The molecule has 2 amide bonds. The minimum atomic E-state index is -0.326. The predicted octanol–water partition coefficient (Wildman–Crippen LogP) is 1.32. The Labute approximate surface area is 126 Å². The van der Waals surface area contributed by atoms with Crippen molar-refractivity contribution in [3.05, 3.63) is 0 Å². The average molecular weight is 294 g/mol. The molecule has 5 heteroatoms. The van der Waals surface area contributed by atoms with Crippen LogP contribution in [-0.4, -0.2) is 48.1 Å². The van der Waals surface area contributed by atoms with Crippen LogP contribution in [-0.2, 0) is 14.3 Å². The first-order valence-electron chi connectivity index (χ1n) is 8.18. The minimum Gasteiger partial charge on any atom is -0.381 e. The Morgan fingerprint density at radius 2 is 1.90 bits per heavy atom. The third-order valence-corrected chi connectivity index (χ3v) is 5.20. The molecule has 21 heavy (non-hydrogen) atoms. The number of carbonyl (C=O) groups is 2. The lowest BCUT2D eigenvalue weighted by atomic mass is 9.93. The molecule has 0 aromatic rings. The molecule has 0 aromatic heterocycles. The van der Waals surface area contributed by atoms with E-state index in [1.165, 1.54) is 0 Å². The number of methoxy groups -OCH3 is 1. The molecule has 3 aliphatic rings. The van der Waals surface area contributed by atoms with Crippen LogP contribution in [0.5, 0.6) is 0 Å². The predicted molar refractivity (Wildman–Crippen MR) is 78.6 cm³/mol. The number of ether oxygens (including phenoxy) is 1. The van der Waals surface area contributed by atoms with Gasteiger partial charge in [0.2, 0.25) is 11.8 Å². The topological polar surface area (TPSA) is 58.6 Å². The SMILES string of the molecule is COC1CCC(N2C(=O)C(C3CC3)NC(=O)C2C(C)C)C1. The van der Waals surface area contributed by atoms with Gasteiger partial charge in [0.25, 0.3) is 0 Å². The van der Waals surface area contributed by atoms with Gasteiger partial charge in [-0.2, -0.15) is 0 Å². The molecule has 2 saturated carbocycles. The normalized spacial score (nSPS) is 37.2. The number of nitrogens with zero attached hydrogens (tertiary/aromatic N) is 1. The Morgan fingerprint density at radius 1 is 1.19 bits per heavy atom. The first kappa shape index (κ1) is 14.8. The summed E-state index contributed by atoms with van der Waals surface area (Å²) >= 11 is 0. The van der Waals surface area contributed by atoms with E-state index in [-0.39, 0.29) is 42.0 Å². The summed E-state index contributed by atoms with van der Waals surface area (Å²) in [7, 11) is 1.73. The molecule has 118 valence electrons. The molecule has 1 saturated heterocycles. The van der Waals surface area contributed by atoms with E-state index in [1.54, 1.807) is 7.11 Å². The fraction of sp³-hybridized carbons (Fsp3) is 0.875. The molecule has 1 heterocycles. The highest BCUT2D eigenvalue weighted by molar-refractivity contribution is 5.97. The van der Waals surface area contributed by atoms with Gasteiger partial charge in [-0.1, -0.05) is 13.8 Å². The van der Waals surface area contributed by atoms with Gasteiger partial charge < -0.3 is 15.0 Å². The molecule has 1 N–H and O–H groups in total. The van der Waals surface area contributed by atoms with Crippen molar-refractivity contribution < 1.29 is 14.3 Å². The average Bonchev–Trinajstić information content (AvgIpc) is 3.17. The standard InChI is InChI=1S/C16H26N2O3/c1-9(2)14-15(19)17-13(10-4-5-10)16(20)18(14)11-6-7-12(8-11)21-3/h9-14H,4-8H2,1-3H3,(H,17,19). The molecule has 3 rings (SSSR count). The summed E-state index contributed by atoms with van der Waals surface area (Å²) in [4.78, 5) is 27.3. The molecule has 1 aliphatic heterocycles. The maximum absolute atomic E-state index is 12.9. The van der Waals surface area contributed by atoms with Gasteiger partial charge in [-0.15, -0.1) is 0 Å². The number of nitrogens with one attached hydrogen (secondary N) is 1. The van der Waals surface area contributed by atoms with Gasteiger partial charge in [0, 0.05) is 13.2 Å². The number of hydrogen-bond donors (Lipinski definition) is 1. The van der Waals surface area contributed by atoms with Crippen LogP contribution in [0.25, 0.3) is 0 Å². The highest BCUT2D eigenvalue weighted by Crippen LogP contribution is 2.38. The van der Waals surface area contributed by atoms with Crippen molar-refractivity contribution in [2.75, 3.05) is 7.11 Å². The lowest BCUT2D eigenvalue weighted by Gasteiger charge is -2.44. The Hall–Kier alpha value is -1.10. The van der Waals surface area contributed by atoms with Crippen molar-refractivity contribution in [2.45, 2.75) is 70.2 Å². The number of rotatable bonds is 4. The molecule has 0 aromatic carbocycles. The summed E-state index contributed by atoms with van der Waals surface area (Å²) in [5.74, 6) is 0.660. The van der Waals surface area contributed by atoms with Crippen molar-refractivity contribution in [3.8, 4) is 0 Å². The van der Waals surface area contributed by atoms with E-state index in [4.69, 9.17) is 4.74 Å². The van der Waals surface area contributed by atoms with E-state index in [0.29, 0.717) is 5.92 Å². The second kappa shape index (κ2) is 5.59. The van der Waals surface area contributed by atoms with Gasteiger partial charge in [-0.3, -0.25) is 9.59 Å². The van der Waals surface area contributed by atoms with Crippen LogP contribution in [0.3, 0.4) is 0 Å². The van der Waals surface area contributed by atoms with Gasteiger partial charge >= 0.3 is 0 Å². The fourth-order valence-corrected chi connectivity index (χ4v) is 3.89. The van der Waals surface area contributed by atoms with Crippen LogP contribution in [0.15, 0.2) is 0 Å². The summed E-state index contributed by atoms with van der Waals surface area (Å²) in [6.07, 6.45) is 5.12. The quantitative estimate of drug-likeness (QED) is 0.850. The van der Waals surface area contributed by atoms with Gasteiger partial charge in [0.1, 0.15) is 12.1 Å². The molecule has 4 atom stereocenters. The third kappa shape index (κ3) is 2.68. The second-order valence-electron chi connectivity index (χ2n) is 7.08. The van der Waals surface area contributed by atoms with E-state index in [2.05, 4.69) is 5.32 Å². The molecular formula is C16H26N2O3. The Bertz CT molecular complexity index is 433. The van der Waals surface area contributed by atoms with Crippen molar-refractivity contribution in [1.29, 1.82) is 0 Å². The summed E-state index contributed by atoms with van der Waals surface area (Å²) in [6, 6.07) is -0.454. The number of carbonyl (C=O) groups excluding carboxylic acids is 2. The molecule has 2 aliphatic carbocycles. The third-order valence-electron chi connectivity index (χ3n) is 5.20. The maximum atomic E-state index is 12.9. The number of amides is 2. The highest BCUT2D eigenvalue weighted by atomic mass is 16.5. The smallest absolute Gasteiger partial charge is 0.246 e. The summed E-state index contributed by atoms with van der Waals surface area (Å²) in [5.41, 5.74) is 0. The number of piperazine rings is 1. The van der Waals surface area contributed by atoms with Gasteiger partial charge in [-0.25, -0.2) is 0 Å². The van der Waals surface area contributed by atoms with Crippen molar-refractivity contribution in [1.82, 2.24) is 10.2 Å². The van der Waals surface area contributed by atoms with Crippen LogP contribution in [0.1, 0.15) is 46.0 Å². The van der Waals surface area contributed by atoms with E-state index < -0.39 is 0 Å². The summed E-state index contributed by atoms with van der Waals surface area (Å²) in [6.45, 7) is 4.04. The molecule has 0 bridgehead atoms. The summed E-state index contributed by atoms with van der Waals surface area (Å²) in [5, 5.41) is 2.98. The van der Waals surface area contributed by atoms with E-state index in [9.17, 15) is 9.59 Å². The van der Waals surface area contributed by atoms with Gasteiger partial charge in [0.15, 0.2) is 0 Å². The van der Waals surface area contributed by atoms with Crippen LogP contribution in [0.4, 0.5) is 0 Å². The van der Waals surface area contributed by atoms with Crippen LogP contribution >= 0.6 is 0 Å². The fourth-order valence-electron chi connectivity index (χ4n) is 3.89. The zero-order valence-electron chi connectivity index (χ0n) is 13.2. The highest BCUT2D eigenvalue weighted by Gasteiger charge is 2.50. The molecule has 3 fully saturated rings. The lowest BCUT2D eigenvalue weighted by Crippen LogP contribution is -2.67. The Morgan fingerprint density at radius 3 is 2.43 bits per heavy atom. The first-order chi connectivity index (χ1) is 10.0. The van der Waals surface area contributed by atoms with Crippen molar-refractivity contribution in [3.63, 3.8) is 0 Å². The second-order valence-corrected chi connectivity index (χ2v) is 7.08. The van der Waals surface area contributed by atoms with Gasteiger partial charge in [-0.05, 0) is 43.9 Å². The number of hydrogen-bond acceptors (Lipinski definition) is 3. The van der Waals surface area contributed by atoms with Crippen LogP contribution in [0.2, 0.25) is 0 Å². The molecule has 5 nitrogen and oxygen atoms in total. The molecule has 0 spiro atoms. The first-order valence-corrected chi connectivity index (χ1v) is 8.18. The van der Waals surface area contributed by atoms with Crippen molar-refractivity contribution in [2.24, 2.45) is 11.8 Å². The van der Waals surface area contributed by atoms with Gasteiger partial charge in [0.05, 0.1) is 6.10 Å². The van der Waals surface area contributed by atoms with Crippen LogP contribution < -0.4 is 5.32 Å². The Kier molecular flexibility index (Phi) is 3.95. The zero-order valence-corrected chi connectivity index (χ0v) is 13.2. The minimum absolute atomic E-state index is 0.0300. The van der Waals surface area contributed by atoms with E-state index >= 15 is 0 Å². The molecular weight excluding hydrogens is 268 g/mol. The maximum Gasteiger partial charge on any atom is 0.246 e. The molecule has 0 radical (unpaired) electrons. The van der Waals surface area contributed by atoms with Crippen LogP contribution in [0, 0.1) is 11.8 Å². The molecule has 4 unspecified atom stereocenters. The largest absolute Gasteiger partial charge is 0.381 e. The van der Waals surface area contributed by atoms with E-state index in [1.807, 2.05) is 18.7 Å². The van der Waals surface area contributed by atoms with E-state index in [0.717, 1.165) is 32.1 Å². The summed E-state index contributed by atoms with van der Waals surface area (Å²) < 4.78 is 5.44. The zero-order chi connectivity index (χ0) is 15.1. The lowest BCUT2D eigenvalue weighted by molar-refractivity contribution is -0.155.